The van der Waals surface area contributed by atoms with Crippen LogP contribution in [0.1, 0.15) is 0 Å². The molecule has 2 heterocycles. The quantitative estimate of drug-likeness (QED) is 0.556. The van der Waals surface area contributed by atoms with E-state index in [9.17, 15) is 10.1 Å². The minimum absolute atomic E-state index is 0.00118. The van der Waals surface area contributed by atoms with Crippen molar-refractivity contribution in [3.8, 4) is 23.1 Å². The van der Waals surface area contributed by atoms with Crippen LogP contribution in [0.5, 0.6) is 0 Å². The van der Waals surface area contributed by atoms with Gasteiger partial charge in [-0.3, -0.25) is 15.2 Å². The zero-order valence-corrected chi connectivity index (χ0v) is 9.35. The first-order valence-corrected chi connectivity index (χ1v) is 5.18. The molecule has 94 valence electrons. The van der Waals surface area contributed by atoms with Crippen molar-refractivity contribution in [2.24, 2.45) is 0 Å². The summed E-state index contributed by atoms with van der Waals surface area (Å²) in [7, 11) is 0. The van der Waals surface area contributed by atoms with Crippen LogP contribution in [0, 0.1) is 10.1 Å². The fraction of sp³-hybridized carbons (Fsp3) is 0. The van der Waals surface area contributed by atoms with Crippen molar-refractivity contribution in [2.75, 3.05) is 0 Å². The molecule has 0 atom stereocenters. The van der Waals surface area contributed by atoms with Gasteiger partial charge in [-0.25, -0.2) is 4.98 Å². The Balaban J connectivity index is 1.92. The Labute approximate surface area is 105 Å². The van der Waals surface area contributed by atoms with Gasteiger partial charge in [-0.1, -0.05) is 5.16 Å². The maximum absolute atomic E-state index is 10.5. The SMILES string of the molecule is O=[N+]([O-])c1ccc(-c2nc(-c3ncn[nH]3)no2)cc1. The molecule has 0 radical (unpaired) electrons. The second-order valence-electron chi connectivity index (χ2n) is 3.56. The Morgan fingerprint density at radius 3 is 2.68 bits per heavy atom. The maximum Gasteiger partial charge on any atom is 0.269 e. The first-order valence-electron chi connectivity index (χ1n) is 5.18. The molecule has 0 saturated carbocycles. The standard InChI is InChI=1S/C10H6N6O3/c17-16(18)7-3-1-6(2-4-7)10-13-9(15-19-10)8-11-5-12-14-8/h1-5H,(H,11,12,14). The molecule has 0 aliphatic heterocycles. The van der Waals surface area contributed by atoms with Gasteiger partial charge >= 0.3 is 0 Å². The molecule has 0 spiro atoms. The minimum atomic E-state index is -0.475. The highest BCUT2D eigenvalue weighted by Gasteiger charge is 2.13. The average Bonchev–Trinajstić information content (AvgIpc) is 3.10. The molecular formula is C10H6N6O3. The van der Waals surface area contributed by atoms with Crippen LogP contribution in [0.15, 0.2) is 35.1 Å². The lowest BCUT2D eigenvalue weighted by molar-refractivity contribution is -0.384. The van der Waals surface area contributed by atoms with Crippen molar-refractivity contribution < 1.29 is 9.45 Å². The lowest BCUT2D eigenvalue weighted by Gasteiger charge is -1.93. The number of nitro groups is 1. The molecule has 0 aliphatic carbocycles. The predicted octanol–water partition coefficient (Wildman–Crippen LogP) is 1.43. The fourth-order valence-electron chi connectivity index (χ4n) is 1.48. The number of nitrogens with zero attached hydrogens (tertiary/aromatic N) is 5. The van der Waals surface area contributed by atoms with Gasteiger partial charge in [-0.2, -0.15) is 10.1 Å². The van der Waals surface area contributed by atoms with Gasteiger partial charge in [-0.05, 0) is 12.1 Å². The van der Waals surface area contributed by atoms with Crippen LogP contribution in [0.4, 0.5) is 5.69 Å². The van der Waals surface area contributed by atoms with Crippen molar-refractivity contribution in [2.45, 2.75) is 0 Å². The first kappa shape index (κ1) is 11.0. The Morgan fingerprint density at radius 2 is 2.05 bits per heavy atom. The minimum Gasteiger partial charge on any atom is -0.334 e. The van der Waals surface area contributed by atoms with E-state index >= 15 is 0 Å². The predicted molar refractivity (Wildman–Crippen MR) is 61.8 cm³/mol. The van der Waals surface area contributed by atoms with Crippen molar-refractivity contribution in [1.29, 1.82) is 0 Å². The summed E-state index contributed by atoms with van der Waals surface area (Å²) in [6.45, 7) is 0. The van der Waals surface area contributed by atoms with Crippen LogP contribution in [0.2, 0.25) is 0 Å². The lowest BCUT2D eigenvalue weighted by Crippen LogP contribution is -1.87. The van der Waals surface area contributed by atoms with Gasteiger partial charge < -0.3 is 4.52 Å². The molecule has 0 aliphatic rings. The van der Waals surface area contributed by atoms with Crippen LogP contribution in [0.3, 0.4) is 0 Å². The van der Waals surface area contributed by atoms with E-state index in [1.807, 2.05) is 0 Å². The number of aromatic amines is 1. The number of hydrogen-bond donors (Lipinski definition) is 1. The van der Waals surface area contributed by atoms with Crippen molar-refractivity contribution in [1.82, 2.24) is 25.3 Å². The zero-order chi connectivity index (χ0) is 13.2. The third kappa shape index (κ3) is 2.04. The Bertz CT molecular complexity index is 703. The summed E-state index contributed by atoms with van der Waals surface area (Å²) in [5.74, 6) is 0.907. The molecule has 9 heteroatoms. The van der Waals surface area contributed by atoms with Crippen LogP contribution >= 0.6 is 0 Å². The topological polar surface area (TPSA) is 124 Å². The monoisotopic (exact) mass is 258 g/mol. The van der Waals surface area contributed by atoms with Gasteiger partial charge in [0.1, 0.15) is 6.33 Å². The third-order valence-electron chi connectivity index (χ3n) is 2.38. The summed E-state index contributed by atoms with van der Waals surface area (Å²) in [5, 5.41) is 20.6. The number of hydrogen-bond acceptors (Lipinski definition) is 7. The van der Waals surface area contributed by atoms with E-state index < -0.39 is 4.92 Å². The fourth-order valence-corrected chi connectivity index (χ4v) is 1.48. The number of nitrogens with one attached hydrogen (secondary N) is 1. The van der Waals surface area contributed by atoms with Crippen molar-refractivity contribution >= 4 is 5.69 Å². The van der Waals surface area contributed by atoms with E-state index in [1.54, 1.807) is 0 Å². The number of benzene rings is 1. The van der Waals surface area contributed by atoms with E-state index in [0.717, 1.165) is 0 Å². The van der Waals surface area contributed by atoms with Gasteiger partial charge in [0.15, 0.2) is 5.82 Å². The molecule has 2 aromatic heterocycles. The molecular weight excluding hydrogens is 252 g/mol. The summed E-state index contributed by atoms with van der Waals surface area (Å²) in [4.78, 5) is 18.1. The van der Waals surface area contributed by atoms with E-state index in [-0.39, 0.29) is 17.4 Å². The van der Waals surface area contributed by atoms with Gasteiger partial charge in [0, 0.05) is 17.7 Å². The number of aromatic nitrogens is 5. The molecule has 0 bridgehead atoms. The van der Waals surface area contributed by atoms with Gasteiger partial charge in [0.2, 0.25) is 5.82 Å². The smallest absolute Gasteiger partial charge is 0.269 e. The molecule has 0 saturated heterocycles. The lowest BCUT2D eigenvalue weighted by atomic mass is 10.2. The molecule has 19 heavy (non-hydrogen) atoms. The Hall–Kier alpha value is -3.10. The summed E-state index contributed by atoms with van der Waals surface area (Å²) in [6.07, 6.45) is 1.33. The molecule has 1 N–H and O–H groups in total. The number of rotatable bonds is 3. The third-order valence-corrected chi connectivity index (χ3v) is 2.38. The van der Waals surface area contributed by atoms with E-state index in [0.29, 0.717) is 11.4 Å². The van der Waals surface area contributed by atoms with Gasteiger partial charge in [-0.15, -0.1) is 0 Å². The molecule has 0 fully saturated rings. The first-order chi connectivity index (χ1) is 9.24. The molecule has 3 aromatic rings. The normalized spacial score (nSPS) is 10.5. The molecule has 0 amide bonds. The van der Waals surface area contributed by atoms with E-state index in [4.69, 9.17) is 4.52 Å². The zero-order valence-electron chi connectivity index (χ0n) is 9.35. The number of non-ortho nitro benzene ring substituents is 1. The highest BCUT2D eigenvalue weighted by molar-refractivity contribution is 5.57. The Kier molecular flexibility index (Phi) is 2.49. The highest BCUT2D eigenvalue weighted by atomic mass is 16.6. The summed E-state index contributed by atoms with van der Waals surface area (Å²) in [5.41, 5.74) is 0.586. The van der Waals surface area contributed by atoms with E-state index in [2.05, 4.69) is 25.3 Å². The van der Waals surface area contributed by atoms with Gasteiger partial charge in [0.25, 0.3) is 11.6 Å². The molecule has 3 rings (SSSR count). The summed E-state index contributed by atoms with van der Waals surface area (Å²) in [6, 6.07) is 5.81. The van der Waals surface area contributed by atoms with Crippen molar-refractivity contribution in [3.63, 3.8) is 0 Å². The van der Waals surface area contributed by atoms with Crippen molar-refractivity contribution in [3.05, 3.63) is 40.7 Å². The Morgan fingerprint density at radius 1 is 1.26 bits per heavy atom. The maximum atomic E-state index is 10.5. The second-order valence-corrected chi connectivity index (χ2v) is 3.56. The summed E-state index contributed by atoms with van der Waals surface area (Å²) < 4.78 is 5.06. The highest BCUT2D eigenvalue weighted by Crippen LogP contribution is 2.22. The van der Waals surface area contributed by atoms with Crippen LogP contribution < -0.4 is 0 Å². The average molecular weight is 258 g/mol. The molecule has 0 unspecified atom stereocenters. The number of nitro benzene ring substituents is 1. The molecule has 9 nitrogen and oxygen atoms in total. The molecule has 1 aromatic carbocycles. The van der Waals surface area contributed by atoms with Crippen LogP contribution in [-0.4, -0.2) is 30.2 Å². The van der Waals surface area contributed by atoms with Crippen LogP contribution in [0.25, 0.3) is 23.1 Å². The van der Waals surface area contributed by atoms with E-state index in [1.165, 1.54) is 30.6 Å². The summed E-state index contributed by atoms with van der Waals surface area (Å²) >= 11 is 0. The largest absolute Gasteiger partial charge is 0.334 e. The number of H-pyrrole nitrogens is 1. The second kappa shape index (κ2) is 4.29. The van der Waals surface area contributed by atoms with Gasteiger partial charge in [0.05, 0.1) is 4.92 Å². The van der Waals surface area contributed by atoms with Crippen LogP contribution in [-0.2, 0) is 0 Å².